The Morgan fingerprint density at radius 3 is 2.54 bits per heavy atom. The summed E-state index contributed by atoms with van der Waals surface area (Å²) in [6.45, 7) is 5.62. The molecule has 2 rings (SSSR count). The van der Waals surface area contributed by atoms with Crippen molar-refractivity contribution < 1.29 is 4.79 Å². The molecule has 1 atom stereocenters. The second-order valence-electron chi connectivity index (χ2n) is 5.44. The van der Waals surface area contributed by atoms with Crippen molar-refractivity contribution in [2.75, 3.05) is 16.8 Å². The summed E-state index contributed by atoms with van der Waals surface area (Å²) in [5.74, 6) is 0.0421. The van der Waals surface area contributed by atoms with E-state index < -0.39 is 5.25 Å². The Balaban J connectivity index is 2.20. The van der Waals surface area contributed by atoms with E-state index >= 15 is 0 Å². The van der Waals surface area contributed by atoms with Gasteiger partial charge in [0, 0.05) is 11.8 Å². The normalized spacial score (nSPS) is 11.6. The lowest BCUT2D eigenvalue weighted by Gasteiger charge is -2.16. The highest BCUT2D eigenvalue weighted by Gasteiger charge is 2.20. The molecule has 5 N–H and O–H groups in total. The number of hydrogen-bond donors (Lipinski definition) is 3. The fraction of sp³-hybridized carbons (Fsp3) is 0.235. The average molecular weight is 341 g/mol. The summed E-state index contributed by atoms with van der Waals surface area (Å²) in [6.07, 6.45) is 0. The van der Waals surface area contributed by atoms with E-state index in [-0.39, 0.29) is 23.0 Å². The number of nitrogens with zero attached hydrogens (tertiary/aromatic N) is 2. The smallest absolute Gasteiger partial charge is 0.237 e. The van der Waals surface area contributed by atoms with Crippen molar-refractivity contribution in [2.45, 2.75) is 31.0 Å². The number of thioether (sulfide) groups is 1. The summed E-state index contributed by atoms with van der Waals surface area (Å²) in [7, 11) is 0. The van der Waals surface area contributed by atoms with Crippen LogP contribution in [0, 0.1) is 25.2 Å². The van der Waals surface area contributed by atoms with Crippen LogP contribution in [0.15, 0.2) is 29.3 Å². The lowest BCUT2D eigenvalue weighted by Crippen LogP contribution is -2.23. The van der Waals surface area contributed by atoms with E-state index in [1.807, 2.05) is 38.1 Å². The molecule has 0 aliphatic rings. The lowest BCUT2D eigenvalue weighted by atomic mass is 10.1. The van der Waals surface area contributed by atoms with Gasteiger partial charge in [-0.2, -0.15) is 5.26 Å². The highest BCUT2D eigenvalue weighted by Crippen LogP contribution is 2.30. The lowest BCUT2D eigenvalue weighted by molar-refractivity contribution is -0.115. The Morgan fingerprint density at radius 2 is 1.96 bits per heavy atom. The van der Waals surface area contributed by atoms with Crippen LogP contribution in [0.3, 0.4) is 0 Å². The number of pyridine rings is 1. The minimum absolute atomic E-state index is 0.177. The van der Waals surface area contributed by atoms with Gasteiger partial charge in [-0.3, -0.25) is 4.79 Å². The number of aryl methyl sites for hydroxylation is 2. The van der Waals surface area contributed by atoms with Gasteiger partial charge in [0.2, 0.25) is 5.91 Å². The second kappa shape index (κ2) is 7.23. The van der Waals surface area contributed by atoms with Crippen molar-refractivity contribution in [3.8, 4) is 6.07 Å². The molecule has 0 unspecified atom stereocenters. The predicted octanol–water partition coefficient (Wildman–Crippen LogP) is 2.85. The number of para-hydroxylation sites is 1. The zero-order chi connectivity index (χ0) is 17.9. The molecular weight excluding hydrogens is 322 g/mol. The van der Waals surface area contributed by atoms with Gasteiger partial charge in [-0.25, -0.2) is 4.98 Å². The molecule has 2 aromatic rings. The third kappa shape index (κ3) is 3.78. The van der Waals surface area contributed by atoms with Crippen molar-refractivity contribution in [3.05, 3.63) is 41.0 Å². The van der Waals surface area contributed by atoms with Crippen LogP contribution in [0.2, 0.25) is 0 Å². The standard InChI is InChI=1S/C17H19N5OS/c1-9-5-4-6-10(2)15(9)22-16(23)11(3)24-17-12(8-18)13(19)7-14(20)21-17/h4-7,11H,1-3H3,(H,22,23)(H4,19,20,21)/t11-/m1/s1. The third-order valence-corrected chi connectivity index (χ3v) is 4.62. The molecule has 0 saturated carbocycles. The fourth-order valence-corrected chi connectivity index (χ4v) is 3.16. The number of benzene rings is 1. The number of anilines is 3. The van der Waals surface area contributed by atoms with Crippen LogP contribution in [0.1, 0.15) is 23.6 Å². The largest absolute Gasteiger partial charge is 0.397 e. The molecule has 0 aliphatic carbocycles. The van der Waals surface area contributed by atoms with Gasteiger partial charge in [0.25, 0.3) is 0 Å². The van der Waals surface area contributed by atoms with Gasteiger partial charge in [0.15, 0.2) is 0 Å². The summed E-state index contributed by atoms with van der Waals surface area (Å²) < 4.78 is 0. The molecule has 124 valence electrons. The molecule has 6 nitrogen and oxygen atoms in total. The summed E-state index contributed by atoms with van der Waals surface area (Å²) in [5, 5.41) is 12.0. The Bertz CT molecular complexity index is 808. The van der Waals surface area contributed by atoms with E-state index in [1.54, 1.807) is 6.92 Å². The fourth-order valence-electron chi connectivity index (χ4n) is 2.22. The third-order valence-electron chi connectivity index (χ3n) is 3.54. The number of nitrogens with two attached hydrogens (primary N) is 2. The Hall–Kier alpha value is -2.72. The molecule has 0 aliphatic heterocycles. The first-order valence-electron chi connectivity index (χ1n) is 7.33. The van der Waals surface area contributed by atoms with Crippen LogP contribution in [0.4, 0.5) is 17.2 Å². The van der Waals surface area contributed by atoms with Gasteiger partial charge >= 0.3 is 0 Å². The number of amides is 1. The van der Waals surface area contributed by atoms with Crippen LogP contribution in [0.5, 0.6) is 0 Å². The molecule has 24 heavy (non-hydrogen) atoms. The predicted molar refractivity (Wildman–Crippen MR) is 97.6 cm³/mol. The van der Waals surface area contributed by atoms with Crippen molar-refractivity contribution >= 4 is 34.9 Å². The average Bonchev–Trinajstić information content (AvgIpc) is 2.50. The van der Waals surface area contributed by atoms with Gasteiger partial charge in [0.1, 0.15) is 22.5 Å². The number of carbonyl (C=O) groups is 1. The number of aromatic nitrogens is 1. The van der Waals surface area contributed by atoms with Gasteiger partial charge < -0.3 is 16.8 Å². The molecule has 7 heteroatoms. The molecule has 0 fully saturated rings. The zero-order valence-electron chi connectivity index (χ0n) is 13.8. The van der Waals surface area contributed by atoms with Crippen molar-refractivity contribution in [1.29, 1.82) is 5.26 Å². The summed E-state index contributed by atoms with van der Waals surface area (Å²) >= 11 is 1.16. The van der Waals surface area contributed by atoms with E-state index in [0.29, 0.717) is 5.03 Å². The number of nitrogen functional groups attached to an aromatic ring is 2. The number of nitriles is 1. The Morgan fingerprint density at radius 1 is 1.33 bits per heavy atom. The number of hydrogen-bond acceptors (Lipinski definition) is 6. The first kappa shape index (κ1) is 17.6. The van der Waals surface area contributed by atoms with E-state index in [2.05, 4.69) is 10.3 Å². The van der Waals surface area contributed by atoms with Crippen LogP contribution < -0.4 is 16.8 Å². The van der Waals surface area contributed by atoms with Crippen LogP contribution in [0.25, 0.3) is 0 Å². The highest BCUT2D eigenvalue weighted by atomic mass is 32.2. The molecule has 0 spiro atoms. The van der Waals surface area contributed by atoms with Gasteiger partial charge in [0.05, 0.1) is 10.9 Å². The molecule has 0 saturated heterocycles. The summed E-state index contributed by atoms with van der Waals surface area (Å²) in [4.78, 5) is 16.6. The van der Waals surface area contributed by atoms with E-state index in [4.69, 9.17) is 11.5 Å². The number of rotatable bonds is 4. The van der Waals surface area contributed by atoms with Gasteiger partial charge in [-0.15, -0.1) is 0 Å². The Kier molecular flexibility index (Phi) is 5.31. The number of carbonyl (C=O) groups excluding carboxylic acids is 1. The molecule has 1 aromatic heterocycles. The minimum atomic E-state index is -0.468. The molecule has 1 amide bonds. The highest BCUT2D eigenvalue weighted by molar-refractivity contribution is 8.00. The number of nitrogens with one attached hydrogen (secondary N) is 1. The quantitative estimate of drug-likeness (QED) is 0.736. The van der Waals surface area contributed by atoms with Gasteiger partial charge in [-0.05, 0) is 31.9 Å². The Labute approximate surface area is 145 Å². The topological polar surface area (TPSA) is 118 Å². The van der Waals surface area contributed by atoms with E-state index in [0.717, 1.165) is 28.6 Å². The summed E-state index contributed by atoms with van der Waals surface area (Å²) in [6, 6.07) is 9.26. The van der Waals surface area contributed by atoms with Crippen LogP contribution in [-0.4, -0.2) is 16.1 Å². The van der Waals surface area contributed by atoms with Crippen molar-refractivity contribution in [3.63, 3.8) is 0 Å². The molecule has 1 aromatic carbocycles. The van der Waals surface area contributed by atoms with Crippen molar-refractivity contribution in [1.82, 2.24) is 4.98 Å². The summed E-state index contributed by atoms with van der Waals surface area (Å²) in [5.41, 5.74) is 14.8. The van der Waals surface area contributed by atoms with E-state index in [9.17, 15) is 10.1 Å². The minimum Gasteiger partial charge on any atom is -0.397 e. The van der Waals surface area contributed by atoms with E-state index in [1.165, 1.54) is 6.07 Å². The van der Waals surface area contributed by atoms with Crippen LogP contribution in [-0.2, 0) is 4.79 Å². The van der Waals surface area contributed by atoms with Crippen LogP contribution >= 0.6 is 11.8 Å². The maximum atomic E-state index is 12.5. The van der Waals surface area contributed by atoms with Crippen molar-refractivity contribution in [2.24, 2.45) is 0 Å². The first-order chi connectivity index (χ1) is 11.3. The van der Waals surface area contributed by atoms with Gasteiger partial charge in [-0.1, -0.05) is 30.0 Å². The molecule has 0 radical (unpaired) electrons. The molecular formula is C17H19N5OS. The maximum Gasteiger partial charge on any atom is 0.237 e. The monoisotopic (exact) mass is 341 g/mol. The molecule has 0 bridgehead atoms. The SMILES string of the molecule is Cc1cccc(C)c1NC(=O)[C@@H](C)Sc1nc(N)cc(N)c1C#N. The second-order valence-corrected chi connectivity index (χ2v) is 6.77. The first-order valence-corrected chi connectivity index (χ1v) is 8.21. The maximum absolute atomic E-state index is 12.5. The molecule has 1 heterocycles. The zero-order valence-corrected chi connectivity index (χ0v) is 14.6.